The SMILES string of the molecule is CO/C=C(/C(=O)OC)c1c(C)nc(C)nc1Oc1ccn(-c2cccc(C(F)(F)F)c2)n1. The van der Waals surface area contributed by atoms with Gasteiger partial charge in [0.05, 0.1) is 43.0 Å². The summed E-state index contributed by atoms with van der Waals surface area (Å²) < 4.78 is 55.8. The van der Waals surface area contributed by atoms with Crippen LogP contribution in [0.15, 0.2) is 42.8 Å². The number of alkyl halides is 3. The standard InChI is InChI=1S/C21H19F3N4O4/c1-12-18(16(11-30-3)20(29)31-4)19(26-13(2)25-12)32-17-8-9-28(27-17)15-7-5-6-14(10-15)21(22,23)24/h5-11H,1-4H3/b16-11+. The number of hydrogen-bond acceptors (Lipinski definition) is 7. The third-order valence-electron chi connectivity index (χ3n) is 4.28. The van der Waals surface area contributed by atoms with Crippen molar-refractivity contribution in [2.45, 2.75) is 20.0 Å². The zero-order valence-corrected chi connectivity index (χ0v) is 17.6. The van der Waals surface area contributed by atoms with Crippen molar-refractivity contribution in [3.05, 3.63) is 65.4 Å². The van der Waals surface area contributed by atoms with E-state index in [0.717, 1.165) is 12.1 Å². The molecule has 0 aliphatic rings. The van der Waals surface area contributed by atoms with Gasteiger partial charge in [-0.1, -0.05) is 6.07 Å². The lowest BCUT2D eigenvalue weighted by Gasteiger charge is -2.13. The minimum Gasteiger partial charge on any atom is -0.503 e. The topological polar surface area (TPSA) is 88.4 Å². The molecule has 32 heavy (non-hydrogen) atoms. The number of rotatable bonds is 6. The summed E-state index contributed by atoms with van der Waals surface area (Å²) in [4.78, 5) is 20.7. The number of ether oxygens (including phenoxy) is 3. The van der Waals surface area contributed by atoms with Gasteiger partial charge in [0, 0.05) is 12.3 Å². The van der Waals surface area contributed by atoms with Crippen LogP contribution in [0.2, 0.25) is 0 Å². The lowest BCUT2D eigenvalue weighted by Crippen LogP contribution is -2.10. The van der Waals surface area contributed by atoms with Gasteiger partial charge >= 0.3 is 12.1 Å². The highest BCUT2D eigenvalue weighted by molar-refractivity contribution is 6.17. The molecular formula is C21H19F3N4O4. The molecule has 0 saturated carbocycles. The molecule has 0 N–H and O–H groups in total. The van der Waals surface area contributed by atoms with Crippen molar-refractivity contribution < 1.29 is 32.2 Å². The van der Waals surface area contributed by atoms with Gasteiger partial charge in [-0.15, -0.1) is 5.10 Å². The van der Waals surface area contributed by atoms with Crippen LogP contribution < -0.4 is 4.74 Å². The summed E-state index contributed by atoms with van der Waals surface area (Å²) in [6.45, 7) is 3.30. The van der Waals surface area contributed by atoms with Crippen LogP contribution >= 0.6 is 0 Å². The van der Waals surface area contributed by atoms with Gasteiger partial charge in [0.2, 0.25) is 11.8 Å². The highest BCUT2D eigenvalue weighted by Gasteiger charge is 2.30. The van der Waals surface area contributed by atoms with Gasteiger partial charge in [-0.05, 0) is 32.0 Å². The Morgan fingerprint density at radius 1 is 1.12 bits per heavy atom. The number of carbonyl (C=O) groups excluding carboxylic acids is 1. The number of methoxy groups -OCH3 is 2. The van der Waals surface area contributed by atoms with Crippen molar-refractivity contribution in [2.75, 3.05) is 14.2 Å². The Morgan fingerprint density at radius 3 is 2.53 bits per heavy atom. The molecule has 8 nitrogen and oxygen atoms in total. The Hall–Kier alpha value is -3.89. The zero-order chi connectivity index (χ0) is 23.5. The lowest BCUT2D eigenvalue weighted by molar-refractivity contribution is -0.137. The van der Waals surface area contributed by atoms with Crippen molar-refractivity contribution in [2.24, 2.45) is 0 Å². The highest BCUT2D eigenvalue weighted by Crippen LogP contribution is 2.32. The second-order valence-corrected chi connectivity index (χ2v) is 6.54. The van der Waals surface area contributed by atoms with Crippen LogP contribution in [0.1, 0.15) is 22.6 Å². The normalized spacial score (nSPS) is 11.9. The number of hydrogen-bond donors (Lipinski definition) is 0. The van der Waals surface area contributed by atoms with Gasteiger partial charge in [0.25, 0.3) is 0 Å². The molecule has 0 fully saturated rings. The van der Waals surface area contributed by atoms with Crippen LogP contribution in [0.25, 0.3) is 11.3 Å². The van der Waals surface area contributed by atoms with E-state index in [9.17, 15) is 18.0 Å². The zero-order valence-electron chi connectivity index (χ0n) is 17.6. The average Bonchev–Trinajstić information content (AvgIpc) is 3.20. The molecule has 2 aromatic heterocycles. The first-order valence-corrected chi connectivity index (χ1v) is 9.22. The van der Waals surface area contributed by atoms with E-state index in [2.05, 4.69) is 15.1 Å². The predicted octanol–water partition coefficient (Wildman–Crippen LogP) is 4.25. The lowest BCUT2D eigenvalue weighted by atomic mass is 10.1. The maximum atomic E-state index is 13.0. The third kappa shape index (κ3) is 4.88. The van der Waals surface area contributed by atoms with Crippen LogP contribution in [0.5, 0.6) is 11.8 Å². The van der Waals surface area contributed by atoms with Crippen molar-refractivity contribution >= 4 is 11.5 Å². The second-order valence-electron chi connectivity index (χ2n) is 6.54. The van der Waals surface area contributed by atoms with Crippen molar-refractivity contribution in [1.29, 1.82) is 0 Å². The van der Waals surface area contributed by atoms with E-state index in [1.165, 1.54) is 49.6 Å². The number of carbonyl (C=O) groups is 1. The van der Waals surface area contributed by atoms with Crippen molar-refractivity contribution in [1.82, 2.24) is 19.7 Å². The number of esters is 1. The van der Waals surface area contributed by atoms with E-state index in [4.69, 9.17) is 14.2 Å². The molecule has 0 aliphatic heterocycles. The van der Waals surface area contributed by atoms with Crippen molar-refractivity contribution in [3.63, 3.8) is 0 Å². The number of aromatic nitrogens is 4. The van der Waals surface area contributed by atoms with Gasteiger partial charge in [0.1, 0.15) is 11.4 Å². The van der Waals surface area contributed by atoms with Gasteiger partial charge in [0.15, 0.2) is 0 Å². The molecule has 0 aliphatic carbocycles. The first kappa shape index (κ1) is 22.8. The minimum atomic E-state index is -4.48. The summed E-state index contributed by atoms with van der Waals surface area (Å²) in [5.41, 5.74) is 0.0837. The van der Waals surface area contributed by atoms with Gasteiger partial charge in [-0.2, -0.15) is 18.2 Å². The van der Waals surface area contributed by atoms with Gasteiger partial charge in [-0.25, -0.2) is 14.5 Å². The smallest absolute Gasteiger partial charge is 0.416 e. The quantitative estimate of drug-likeness (QED) is 0.316. The molecule has 0 bridgehead atoms. The molecular weight excluding hydrogens is 429 g/mol. The van der Waals surface area contributed by atoms with Crippen LogP contribution in [0.4, 0.5) is 13.2 Å². The van der Waals surface area contributed by atoms with Gasteiger partial charge < -0.3 is 14.2 Å². The summed E-state index contributed by atoms with van der Waals surface area (Å²) in [7, 11) is 2.58. The Kier molecular flexibility index (Phi) is 6.47. The van der Waals surface area contributed by atoms with Crippen LogP contribution in [0, 0.1) is 13.8 Å². The predicted molar refractivity (Wildman–Crippen MR) is 107 cm³/mol. The minimum absolute atomic E-state index is 0.0120. The Balaban J connectivity index is 2.00. The third-order valence-corrected chi connectivity index (χ3v) is 4.28. The van der Waals surface area contributed by atoms with Crippen LogP contribution in [-0.4, -0.2) is 39.9 Å². The molecule has 2 heterocycles. The summed E-state index contributed by atoms with van der Waals surface area (Å²) in [6.07, 6.45) is -1.86. The van der Waals surface area contributed by atoms with E-state index in [-0.39, 0.29) is 28.6 Å². The number of nitrogens with zero attached hydrogens (tertiary/aromatic N) is 4. The molecule has 3 aromatic rings. The molecule has 0 spiro atoms. The monoisotopic (exact) mass is 448 g/mol. The Labute approximate surface area is 181 Å². The van der Waals surface area contributed by atoms with E-state index >= 15 is 0 Å². The van der Waals surface area contributed by atoms with E-state index in [0.29, 0.717) is 11.5 Å². The molecule has 0 atom stereocenters. The van der Waals surface area contributed by atoms with E-state index in [1.54, 1.807) is 13.8 Å². The summed E-state index contributed by atoms with van der Waals surface area (Å²) in [5, 5.41) is 4.17. The average molecular weight is 448 g/mol. The molecule has 11 heteroatoms. The van der Waals surface area contributed by atoms with E-state index < -0.39 is 17.7 Å². The van der Waals surface area contributed by atoms with Crippen LogP contribution in [0.3, 0.4) is 0 Å². The fourth-order valence-electron chi connectivity index (χ4n) is 2.93. The van der Waals surface area contributed by atoms with Crippen LogP contribution in [-0.2, 0) is 20.4 Å². The van der Waals surface area contributed by atoms with Crippen molar-refractivity contribution in [3.8, 4) is 17.4 Å². The molecule has 0 saturated heterocycles. The fourth-order valence-corrected chi connectivity index (χ4v) is 2.93. The summed E-state index contributed by atoms with van der Waals surface area (Å²) in [6, 6.07) is 6.16. The first-order chi connectivity index (χ1) is 15.1. The maximum absolute atomic E-state index is 13.0. The first-order valence-electron chi connectivity index (χ1n) is 9.22. The molecule has 1 aromatic carbocycles. The van der Waals surface area contributed by atoms with E-state index in [1.807, 2.05) is 0 Å². The summed E-state index contributed by atoms with van der Waals surface area (Å²) >= 11 is 0. The Morgan fingerprint density at radius 2 is 1.88 bits per heavy atom. The number of halogens is 3. The maximum Gasteiger partial charge on any atom is 0.416 e. The largest absolute Gasteiger partial charge is 0.503 e. The molecule has 0 amide bonds. The van der Waals surface area contributed by atoms with Gasteiger partial charge in [-0.3, -0.25) is 0 Å². The molecule has 0 unspecified atom stereocenters. The fraction of sp³-hybridized carbons (Fsp3) is 0.238. The molecule has 3 rings (SSSR count). The highest BCUT2D eigenvalue weighted by atomic mass is 19.4. The molecule has 0 radical (unpaired) electrons. The number of benzene rings is 1. The Bertz CT molecular complexity index is 1170. The summed E-state index contributed by atoms with van der Waals surface area (Å²) in [5.74, 6) is -0.261. The molecule has 168 valence electrons. The second kappa shape index (κ2) is 9.08. The number of aryl methyl sites for hydroxylation is 2.